The van der Waals surface area contributed by atoms with Gasteiger partial charge in [-0.15, -0.1) is 0 Å². The molecule has 0 aliphatic rings. The minimum absolute atomic E-state index is 0.141. The lowest BCUT2D eigenvalue weighted by molar-refractivity contribution is 0.607. The predicted molar refractivity (Wildman–Crippen MR) is 52.7 cm³/mol. The fraction of sp³-hybridized carbons (Fsp3) is 0.167. The molecule has 0 aliphatic carbocycles. The van der Waals surface area contributed by atoms with Crippen LogP contribution in [0.15, 0.2) is 12.4 Å². The highest BCUT2D eigenvalue weighted by Crippen LogP contribution is 2.28. The van der Waals surface area contributed by atoms with Gasteiger partial charge in [0, 0.05) is 6.20 Å². The van der Waals surface area contributed by atoms with E-state index < -0.39 is 10.0 Å². The number of hydrogen-bond donors (Lipinski definition) is 1. The van der Waals surface area contributed by atoms with E-state index in [1.54, 1.807) is 0 Å². The lowest BCUT2D eigenvalue weighted by Gasteiger charge is -2.05. The number of aromatic nitrogens is 1. The summed E-state index contributed by atoms with van der Waals surface area (Å²) in [6, 6.07) is 0. The number of hydrogen-bond acceptors (Lipinski definition) is 3. The van der Waals surface area contributed by atoms with Gasteiger partial charge < -0.3 is 0 Å². The van der Waals surface area contributed by atoms with Gasteiger partial charge in [-0.25, -0.2) is 8.42 Å². The van der Waals surface area contributed by atoms with Gasteiger partial charge in [0.2, 0.25) is 10.0 Å². The molecule has 0 aromatic carbocycles. The lowest BCUT2D eigenvalue weighted by atomic mass is 10.4. The van der Waals surface area contributed by atoms with Crippen molar-refractivity contribution >= 4 is 38.9 Å². The quantitative estimate of drug-likeness (QED) is 0.858. The van der Waals surface area contributed by atoms with Gasteiger partial charge in [0.05, 0.1) is 28.2 Å². The zero-order chi connectivity index (χ0) is 10.1. The zero-order valence-electron chi connectivity index (χ0n) is 6.58. The molecule has 0 spiro atoms. The molecule has 7 heteroatoms. The van der Waals surface area contributed by atoms with Crippen LogP contribution >= 0.6 is 23.2 Å². The van der Waals surface area contributed by atoms with Gasteiger partial charge in [-0.1, -0.05) is 23.2 Å². The molecule has 1 rings (SSSR count). The fourth-order valence-corrected chi connectivity index (χ4v) is 1.60. The van der Waals surface area contributed by atoms with E-state index >= 15 is 0 Å². The zero-order valence-corrected chi connectivity index (χ0v) is 8.91. The minimum atomic E-state index is -3.35. The average molecular weight is 241 g/mol. The van der Waals surface area contributed by atoms with Crippen molar-refractivity contribution in [3.05, 3.63) is 22.4 Å². The average Bonchev–Trinajstić information content (AvgIpc) is 1.96. The smallest absolute Gasteiger partial charge is 0.229 e. The Kier molecular flexibility index (Phi) is 3.00. The largest absolute Gasteiger partial charge is 0.281 e. The van der Waals surface area contributed by atoms with Gasteiger partial charge >= 0.3 is 0 Å². The van der Waals surface area contributed by atoms with Crippen LogP contribution in [0, 0.1) is 0 Å². The van der Waals surface area contributed by atoms with Crippen LogP contribution in [-0.4, -0.2) is 19.7 Å². The van der Waals surface area contributed by atoms with E-state index in [1.165, 1.54) is 12.4 Å². The van der Waals surface area contributed by atoms with Crippen molar-refractivity contribution < 1.29 is 8.42 Å². The third-order valence-corrected chi connectivity index (χ3v) is 2.51. The van der Waals surface area contributed by atoms with E-state index in [-0.39, 0.29) is 15.7 Å². The summed E-state index contributed by atoms with van der Waals surface area (Å²) in [5.74, 6) is 0. The van der Waals surface area contributed by atoms with Crippen molar-refractivity contribution in [1.82, 2.24) is 4.98 Å². The van der Waals surface area contributed by atoms with E-state index in [0.29, 0.717) is 0 Å². The summed E-state index contributed by atoms with van der Waals surface area (Å²) >= 11 is 11.3. The van der Waals surface area contributed by atoms with E-state index in [1.807, 2.05) is 0 Å². The molecule has 0 radical (unpaired) electrons. The molecule has 0 amide bonds. The number of nitrogens with zero attached hydrogens (tertiary/aromatic N) is 1. The first kappa shape index (κ1) is 10.6. The normalized spacial score (nSPS) is 11.3. The Balaban J connectivity index is 3.10. The van der Waals surface area contributed by atoms with Crippen LogP contribution < -0.4 is 4.72 Å². The van der Waals surface area contributed by atoms with E-state index in [4.69, 9.17) is 23.2 Å². The Morgan fingerprint density at radius 3 is 2.54 bits per heavy atom. The molecule has 1 N–H and O–H groups in total. The maximum Gasteiger partial charge on any atom is 0.229 e. The maximum absolute atomic E-state index is 10.8. The number of halogens is 2. The SMILES string of the molecule is CS(=O)(=O)Nc1cncc(Cl)c1Cl. The molecule has 0 fully saturated rings. The van der Waals surface area contributed by atoms with E-state index in [9.17, 15) is 8.42 Å². The van der Waals surface area contributed by atoms with Crippen LogP contribution in [0.25, 0.3) is 0 Å². The monoisotopic (exact) mass is 240 g/mol. The first-order valence-corrected chi connectivity index (χ1v) is 5.81. The molecule has 1 aromatic rings. The molecular formula is C6H6Cl2N2O2S. The molecule has 1 aromatic heterocycles. The number of sulfonamides is 1. The minimum Gasteiger partial charge on any atom is -0.281 e. The van der Waals surface area contributed by atoms with Crippen LogP contribution in [0.2, 0.25) is 10.0 Å². The molecule has 0 aliphatic heterocycles. The third-order valence-electron chi connectivity index (χ3n) is 1.13. The Labute approximate surface area is 85.9 Å². The summed E-state index contributed by atoms with van der Waals surface area (Å²) in [6.45, 7) is 0. The highest BCUT2D eigenvalue weighted by atomic mass is 35.5. The molecular weight excluding hydrogens is 235 g/mol. The Hall–Kier alpha value is -0.520. The van der Waals surface area contributed by atoms with Crippen LogP contribution in [-0.2, 0) is 10.0 Å². The standard InChI is InChI=1S/C6H6Cl2N2O2S/c1-13(11,12)10-5-3-9-2-4(7)6(5)8/h2-3,10H,1H3. The van der Waals surface area contributed by atoms with Crippen LogP contribution in [0.3, 0.4) is 0 Å². The maximum atomic E-state index is 10.8. The molecule has 13 heavy (non-hydrogen) atoms. The molecule has 4 nitrogen and oxygen atoms in total. The second kappa shape index (κ2) is 3.69. The number of anilines is 1. The Morgan fingerprint density at radius 2 is 2.00 bits per heavy atom. The molecule has 0 saturated carbocycles. The summed E-state index contributed by atoms with van der Waals surface area (Å²) < 4.78 is 23.8. The van der Waals surface area contributed by atoms with Crippen LogP contribution in [0.4, 0.5) is 5.69 Å². The van der Waals surface area contributed by atoms with Gasteiger partial charge in [-0.05, 0) is 0 Å². The summed E-state index contributed by atoms with van der Waals surface area (Å²) in [5.41, 5.74) is 0.177. The second-order valence-electron chi connectivity index (χ2n) is 2.36. The highest BCUT2D eigenvalue weighted by Gasteiger charge is 2.08. The van der Waals surface area contributed by atoms with Gasteiger partial charge in [0.1, 0.15) is 0 Å². The number of nitrogens with one attached hydrogen (secondary N) is 1. The topological polar surface area (TPSA) is 59.1 Å². The van der Waals surface area contributed by atoms with Gasteiger partial charge in [0.15, 0.2) is 0 Å². The van der Waals surface area contributed by atoms with Gasteiger partial charge in [-0.2, -0.15) is 0 Å². The van der Waals surface area contributed by atoms with Crippen molar-refractivity contribution in [2.45, 2.75) is 0 Å². The van der Waals surface area contributed by atoms with Gasteiger partial charge in [-0.3, -0.25) is 9.71 Å². The summed E-state index contributed by atoms with van der Waals surface area (Å²) in [5, 5.41) is 0.345. The first-order valence-electron chi connectivity index (χ1n) is 3.17. The second-order valence-corrected chi connectivity index (χ2v) is 4.89. The van der Waals surface area contributed by atoms with Crippen molar-refractivity contribution in [1.29, 1.82) is 0 Å². The van der Waals surface area contributed by atoms with Crippen LogP contribution in [0.5, 0.6) is 0 Å². The molecule has 72 valence electrons. The third kappa shape index (κ3) is 3.02. The molecule has 1 heterocycles. The molecule has 0 bridgehead atoms. The Bertz CT molecular complexity index is 419. The molecule has 0 atom stereocenters. The summed E-state index contributed by atoms with van der Waals surface area (Å²) in [7, 11) is -3.35. The summed E-state index contributed by atoms with van der Waals surface area (Å²) in [6.07, 6.45) is 3.64. The van der Waals surface area contributed by atoms with Crippen molar-refractivity contribution in [3.8, 4) is 0 Å². The number of rotatable bonds is 2. The van der Waals surface area contributed by atoms with Crippen molar-refractivity contribution in [2.24, 2.45) is 0 Å². The highest BCUT2D eigenvalue weighted by molar-refractivity contribution is 7.92. The number of pyridine rings is 1. The van der Waals surface area contributed by atoms with Gasteiger partial charge in [0.25, 0.3) is 0 Å². The van der Waals surface area contributed by atoms with E-state index in [0.717, 1.165) is 6.26 Å². The first-order chi connectivity index (χ1) is 5.90. The van der Waals surface area contributed by atoms with E-state index in [2.05, 4.69) is 9.71 Å². The lowest BCUT2D eigenvalue weighted by Crippen LogP contribution is -2.10. The molecule has 0 unspecified atom stereocenters. The van der Waals surface area contributed by atoms with Crippen molar-refractivity contribution in [2.75, 3.05) is 11.0 Å². The van der Waals surface area contributed by atoms with Crippen LogP contribution in [0.1, 0.15) is 0 Å². The fourth-order valence-electron chi connectivity index (χ4n) is 0.690. The van der Waals surface area contributed by atoms with Crippen molar-refractivity contribution in [3.63, 3.8) is 0 Å². The summed E-state index contributed by atoms with van der Waals surface area (Å²) in [4.78, 5) is 3.69. The Morgan fingerprint density at radius 1 is 1.38 bits per heavy atom. The molecule has 0 saturated heterocycles. The predicted octanol–water partition coefficient (Wildman–Crippen LogP) is 1.76.